The first kappa shape index (κ1) is 11.6. The van der Waals surface area contributed by atoms with Crippen molar-refractivity contribution in [3.8, 4) is 0 Å². The molecule has 4 heteroatoms. The van der Waals surface area contributed by atoms with E-state index < -0.39 is 0 Å². The van der Waals surface area contributed by atoms with Crippen LogP contribution in [0.15, 0.2) is 47.6 Å². The standard InChI is InChI=1S/C15H11FN2O/c1-2-10-3-6-13-14(18-19-15(13)7-10)8-12-5-4-11(16)9-17-12/h2-7,9H,1,8H2. The van der Waals surface area contributed by atoms with Crippen molar-refractivity contribution in [1.82, 2.24) is 10.1 Å². The zero-order valence-corrected chi connectivity index (χ0v) is 10.1. The summed E-state index contributed by atoms with van der Waals surface area (Å²) < 4.78 is 18.1. The van der Waals surface area contributed by atoms with Crippen molar-refractivity contribution in [1.29, 1.82) is 0 Å². The van der Waals surface area contributed by atoms with Crippen LogP contribution in [0.25, 0.3) is 17.0 Å². The van der Waals surface area contributed by atoms with Crippen LogP contribution in [-0.4, -0.2) is 10.1 Å². The van der Waals surface area contributed by atoms with Crippen LogP contribution >= 0.6 is 0 Å². The van der Waals surface area contributed by atoms with Gasteiger partial charge in [0, 0.05) is 17.5 Å². The fraction of sp³-hybridized carbons (Fsp3) is 0.0667. The summed E-state index contributed by atoms with van der Waals surface area (Å²) in [5.41, 5.74) is 3.25. The fourth-order valence-corrected chi connectivity index (χ4v) is 1.94. The molecule has 0 spiro atoms. The number of hydrogen-bond donors (Lipinski definition) is 0. The van der Waals surface area contributed by atoms with E-state index in [0.717, 1.165) is 27.9 Å². The Kier molecular flexibility index (Phi) is 2.83. The molecule has 2 aromatic heterocycles. The van der Waals surface area contributed by atoms with Gasteiger partial charge in [-0.25, -0.2) is 4.39 Å². The SMILES string of the molecule is C=Cc1ccc2c(Cc3ccc(F)cn3)noc2c1. The molecule has 0 saturated heterocycles. The molecule has 3 nitrogen and oxygen atoms in total. The molecule has 0 radical (unpaired) electrons. The van der Waals surface area contributed by atoms with Gasteiger partial charge in [0.1, 0.15) is 5.82 Å². The first-order valence-electron chi connectivity index (χ1n) is 5.87. The monoisotopic (exact) mass is 254 g/mol. The van der Waals surface area contributed by atoms with Gasteiger partial charge in [0.05, 0.1) is 11.9 Å². The minimum Gasteiger partial charge on any atom is -0.356 e. The maximum Gasteiger partial charge on any atom is 0.167 e. The zero-order chi connectivity index (χ0) is 13.2. The largest absolute Gasteiger partial charge is 0.356 e. The molecule has 0 amide bonds. The molecule has 2 heterocycles. The van der Waals surface area contributed by atoms with E-state index in [1.54, 1.807) is 12.1 Å². The number of nitrogens with zero attached hydrogens (tertiary/aromatic N) is 2. The van der Waals surface area contributed by atoms with Gasteiger partial charge < -0.3 is 4.52 Å². The Bertz CT molecular complexity index is 731. The molecule has 0 saturated carbocycles. The summed E-state index contributed by atoms with van der Waals surface area (Å²) in [7, 11) is 0. The fourth-order valence-electron chi connectivity index (χ4n) is 1.94. The van der Waals surface area contributed by atoms with E-state index in [1.165, 1.54) is 12.3 Å². The van der Waals surface area contributed by atoms with Crippen LogP contribution < -0.4 is 0 Å². The molecule has 0 aliphatic rings. The molecule has 0 atom stereocenters. The van der Waals surface area contributed by atoms with Crippen LogP contribution in [0.3, 0.4) is 0 Å². The van der Waals surface area contributed by atoms with E-state index in [9.17, 15) is 4.39 Å². The van der Waals surface area contributed by atoms with Crippen molar-refractivity contribution < 1.29 is 8.91 Å². The molecule has 1 aromatic carbocycles. The predicted molar refractivity (Wildman–Crippen MR) is 71.1 cm³/mol. The molecule has 0 fully saturated rings. The number of rotatable bonds is 3. The Labute approximate surface area is 109 Å². The van der Waals surface area contributed by atoms with E-state index in [2.05, 4.69) is 16.7 Å². The molecule has 0 bridgehead atoms. The lowest BCUT2D eigenvalue weighted by Crippen LogP contribution is -1.93. The average molecular weight is 254 g/mol. The Hall–Kier alpha value is -2.49. The molecular weight excluding hydrogens is 243 g/mol. The van der Waals surface area contributed by atoms with Gasteiger partial charge in [-0.1, -0.05) is 23.9 Å². The van der Waals surface area contributed by atoms with Crippen molar-refractivity contribution in [2.75, 3.05) is 0 Å². The van der Waals surface area contributed by atoms with Gasteiger partial charge in [0.2, 0.25) is 0 Å². The van der Waals surface area contributed by atoms with E-state index in [4.69, 9.17) is 4.52 Å². The van der Waals surface area contributed by atoms with Crippen molar-refractivity contribution in [2.24, 2.45) is 0 Å². The van der Waals surface area contributed by atoms with E-state index in [-0.39, 0.29) is 5.82 Å². The van der Waals surface area contributed by atoms with E-state index in [1.807, 2.05) is 18.2 Å². The Morgan fingerprint density at radius 1 is 1.26 bits per heavy atom. The summed E-state index contributed by atoms with van der Waals surface area (Å²) >= 11 is 0. The molecule has 94 valence electrons. The summed E-state index contributed by atoms with van der Waals surface area (Å²) in [6.07, 6.45) is 3.47. The van der Waals surface area contributed by atoms with Gasteiger partial charge >= 0.3 is 0 Å². The van der Waals surface area contributed by atoms with E-state index >= 15 is 0 Å². The number of benzene rings is 1. The third-order valence-electron chi connectivity index (χ3n) is 2.94. The van der Waals surface area contributed by atoms with Gasteiger partial charge in [0.25, 0.3) is 0 Å². The molecule has 3 rings (SSSR count). The number of aromatic nitrogens is 2. The first-order chi connectivity index (χ1) is 9.26. The summed E-state index contributed by atoms with van der Waals surface area (Å²) in [6.45, 7) is 3.71. The molecule has 0 N–H and O–H groups in total. The lowest BCUT2D eigenvalue weighted by Gasteiger charge is -1.97. The number of hydrogen-bond acceptors (Lipinski definition) is 3. The number of halogens is 1. The van der Waals surface area contributed by atoms with Crippen LogP contribution in [0.1, 0.15) is 17.0 Å². The van der Waals surface area contributed by atoms with Gasteiger partial charge in [-0.15, -0.1) is 0 Å². The minimum atomic E-state index is -0.343. The third kappa shape index (κ3) is 2.25. The van der Waals surface area contributed by atoms with Crippen LogP contribution in [0.5, 0.6) is 0 Å². The molecule has 0 aliphatic carbocycles. The topological polar surface area (TPSA) is 38.9 Å². The molecular formula is C15H11FN2O. The van der Waals surface area contributed by atoms with Gasteiger partial charge in [-0.3, -0.25) is 4.98 Å². The van der Waals surface area contributed by atoms with Crippen molar-refractivity contribution in [3.63, 3.8) is 0 Å². The number of fused-ring (bicyclic) bond motifs is 1. The normalized spacial score (nSPS) is 10.8. The molecule has 19 heavy (non-hydrogen) atoms. The van der Waals surface area contributed by atoms with E-state index in [0.29, 0.717) is 6.42 Å². The van der Waals surface area contributed by atoms with Crippen LogP contribution in [0, 0.1) is 5.82 Å². The van der Waals surface area contributed by atoms with Gasteiger partial charge in [0.15, 0.2) is 5.58 Å². The maximum absolute atomic E-state index is 12.8. The highest BCUT2D eigenvalue weighted by atomic mass is 19.1. The average Bonchev–Trinajstić information content (AvgIpc) is 2.83. The molecule has 0 aliphatic heterocycles. The maximum atomic E-state index is 12.8. The van der Waals surface area contributed by atoms with Crippen molar-refractivity contribution in [2.45, 2.75) is 6.42 Å². The first-order valence-corrected chi connectivity index (χ1v) is 5.87. The second-order valence-corrected chi connectivity index (χ2v) is 4.23. The molecule has 3 aromatic rings. The van der Waals surface area contributed by atoms with Crippen molar-refractivity contribution in [3.05, 3.63) is 65.9 Å². The quantitative estimate of drug-likeness (QED) is 0.716. The van der Waals surface area contributed by atoms with Crippen molar-refractivity contribution >= 4 is 17.0 Å². The van der Waals surface area contributed by atoms with Crippen LogP contribution in [0.4, 0.5) is 4.39 Å². The zero-order valence-electron chi connectivity index (χ0n) is 10.1. The highest BCUT2D eigenvalue weighted by Crippen LogP contribution is 2.22. The minimum absolute atomic E-state index is 0.343. The second kappa shape index (κ2) is 4.65. The lowest BCUT2D eigenvalue weighted by atomic mass is 10.1. The lowest BCUT2D eigenvalue weighted by molar-refractivity contribution is 0.447. The summed E-state index contributed by atoms with van der Waals surface area (Å²) in [5, 5.41) is 4.99. The summed E-state index contributed by atoms with van der Waals surface area (Å²) in [5.74, 6) is -0.343. The second-order valence-electron chi connectivity index (χ2n) is 4.23. The highest BCUT2D eigenvalue weighted by molar-refractivity contribution is 5.82. The van der Waals surface area contributed by atoms with Crippen LogP contribution in [0.2, 0.25) is 0 Å². The Morgan fingerprint density at radius 2 is 2.16 bits per heavy atom. The Balaban J connectivity index is 1.97. The van der Waals surface area contributed by atoms with Gasteiger partial charge in [-0.05, 0) is 29.8 Å². The summed E-state index contributed by atoms with van der Waals surface area (Å²) in [6, 6.07) is 8.82. The number of pyridine rings is 1. The third-order valence-corrected chi connectivity index (χ3v) is 2.94. The predicted octanol–water partition coefficient (Wildman–Crippen LogP) is 3.60. The smallest absolute Gasteiger partial charge is 0.167 e. The Morgan fingerprint density at radius 3 is 2.89 bits per heavy atom. The molecule has 0 unspecified atom stereocenters. The van der Waals surface area contributed by atoms with Gasteiger partial charge in [-0.2, -0.15) is 0 Å². The van der Waals surface area contributed by atoms with Crippen LogP contribution in [-0.2, 0) is 6.42 Å². The summed E-state index contributed by atoms with van der Waals surface area (Å²) in [4.78, 5) is 4.02. The highest BCUT2D eigenvalue weighted by Gasteiger charge is 2.09.